The van der Waals surface area contributed by atoms with Crippen molar-refractivity contribution in [2.75, 3.05) is 10.6 Å². The van der Waals surface area contributed by atoms with Crippen LogP contribution >= 0.6 is 0 Å². The molecule has 2 aromatic carbocycles. The minimum atomic E-state index is -0.726. The van der Waals surface area contributed by atoms with E-state index in [2.05, 4.69) is 26.9 Å². The number of carbonyl (C=O) groups is 3. The number of hydrogen-bond donors (Lipinski definition) is 4. The number of nitrogens with one attached hydrogen (secondary N) is 2. The first kappa shape index (κ1) is 24.7. The van der Waals surface area contributed by atoms with Gasteiger partial charge in [0.15, 0.2) is 5.70 Å². The number of nitrogens with zero attached hydrogens (tertiary/aromatic N) is 3. The van der Waals surface area contributed by atoms with Crippen molar-refractivity contribution in [3.8, 4) is 6.07 Å². The van der Waals surface area contributed by atoms with Crippen molar-refractivity contribution in [3.63, 3.8) is 0 Å². The summed E-state index contributed by atoms with van der Waals surface area (Å²) in [6, 6.07) is 14.5. The SMILES string of the molecule is CC(O)=C(N=Nc1cccc(C(N)=O)c1)C(=O)Nc1cccc(NC(=O)CCC(C)C#N)c1. The van der Waals surface area contributed by atoms with Crippen LogP contribution in [-0.2, 0) is 9.59 Å². The number of carbonyl (C=O) groups excluding carboxylic acids is 3. The molecule has 10 nitrogen and oxygen atoms in total. The van der Waals surface area contributed by atoms with Crippen LogP contribution in [0.25, 0.3) is 0 Å². The quantitative estimate of drug-likeness (QED) is 0.256. The second kappa shape index (κ2) is 11.8. The summed E-state index contributed by atoms with van der Waals surface area (Å²) in [7, 11) is 0. The molecule has 0 bridgehead atoms. The summed E-state index contributed by atoms with van der Waals surface area (Å²) >= 11 is 0. The third kappa shape index (κ3) is 7.91. The van der Waals surface area contributed by atoms with Crippen molar-refractivity contribution < 1.29 is 19.5 Å². The largest absolute Gasteiger partial charge is 0.510 e. The third-order valence-electron chi connectivity index (χ3n) is 4.38. The lowest BCUT2D eigenvalue weighted by molar-refractivity contribution is -0.116. The normalized spacial score (nSPS) is 12.4. The number of azo groups is 1. The van der Waals surface area contributed by atoms with Crippen molar-refractivity contribution in [1.29, 1.82) is 5.26 Å². The molecule has 0 aliphatic heterocycles. The molecule has 5 N–H and O–H groups in total. The second-order valence-electron chi connectivity index (χ2n) is 7.20. The van der Waals surface area contributed by atoms with Gasteiger partial charge in [-0.05, 0) is 56.7 Å². The lowest BCUT2D eigenvalue weighted by atomic mass is 10.1. The van der Waals surface area contributed by atoms with Gasteiger partial charge < -0.3 is 21.5 Å². The maximum atomic E-state index is 12.6. The number of nitriles is 1. The van der Waals surface area contributed by atoms with E-state index in [0.29, 0.717) is 17.8 Å². The van der Waals surface area contributed by atoms with E-state index in [0.717, 1.165) is 0 Å². The van der Waals surface area contributed by atoms with E-state index in [1.165, 1.54) is 19.1 Å². The molecule has 0 heterocycles. The average Bonchev–Trinajstić information content (AvgIpc) is 2.77. The Hall–Kier alpha value is -4.52. The Bertz CT molecular complexity index is 1150. The number of aliphatic hydroxyl groups is 1. The summed E-state index contributed by atoms with van der Waals surface area (Å²) in [5.41, 5.74) is 6.21. The standard InChI is InChI=1S/C23H24N6O4/c1-14(13-24)9-10-20(31)26-17-6-4-7-18(12-17)27-23(33)21(15(2)30)29-28-19-8-3-5-16(11-19)22(25)32/h3-8,11-12,14,30H,9-10H2,1-2H3,(H2,25,32)(H,26,31)(H,27,33). The van der Waals surface area contributed by atoms with Crippen LogP contribution in [0.4, 0.5) is 17.1 Å². The highest BCUT2D eigenvalue weighted by Crippen LogP contribution is 2.20. The van der Waals surface area contributed by atoms with Gasteiger partial charge in [0.2, 0.25) is 11.8 Å². The summed E-state index contributed by atoms with van der Waals surface area (Å²) in [6.07, 6.45) is 0.634. The smallest absolute Gasteiger partial charge is 0.279 e. The summed E-state index contributed by atoms with van der Waals surface area (Å²) in [6.45, 7) is 3.02. The third-order valence-corrected chi connectivity index (χ3v) is 4.38. The Morgan fingerprint density at radius 2 is 1.79 bits per heavy atom. The zero-order chi connectivity index (χ0) is 24.4. The fraction of sp³-hybridized carbons (Fsp3) is 0.217. The summed E-state index contributed by atoms with van der Waals surface area (Å²) in [4.78, 5) is 35.9. The van der Waals surface area contributed by atoms with Crippen LogP contribution in [0.15, 0.2) is 70.2 Å². The van der Waals surface area contributed by atoms with Crippen LogP contribution in [0.3, 0.4) is 0 Å². The van der Waals surface area contributed by atoms with E-state index in [1.54, 1.807) is 43.3 Å². The summed E-state index contributed by atoms with van der Waals surface area (Å²) in [5, 5.41) is 31.7. The van der Waals surface area contributed by atoms with Crippen molar-refractivity contribution >= 4 is 34.8 Å². The van der Waals surface area contributed by atoms with Gasteiger partial charge in [-0.25, -0.2) is 0 Å². The molecule has 0 fully saturated rings. The van der Waals surface area contributed by atoms with Crippen molar-refractivity contribution in [2.24, 2.45) is 21.9 Å². The van der Waals surface area contributed by atoms with Crippen molar-refractivity contribution in [3.05, 3.63) is 65.6 Å². The molecule has 3 amide bonds. The maximum Gasteiger partial charge on any atom is 0.279 e. The number of aliphatic hydroxyl groups excluding tert-OH is 1. The minimum absolute atomic E-state index is 0.194. The number of amides is 3. The zero-order valence-electron chi connectivity index (χ0n) is 18.2. The fourth-order valence-corrected chi connectivity index (χ4v) is 2.61. The number of anilines is 2. The van der Waals surface area contributed by atoms with Gasteiger partial charge >= 0.3 is 0 Å². The van der Waals surface area contributed by atoms with Crippen molar-refractivity contribution in [1.82, 2.24) is 0 Å². The first-order valence-electron chi connectivity index (χ1n) is 10.0. The average molecular weight is 448 g/mol. The van der Waals surface area contributed by atoms with Crippen LogP contribution < -0.4 is 16.4 Å². The topological polar surface area (TPSA) is 170 Å². The predicted molar refractivity (Wildman–Crippen MR) is 123 cm³/mol. The lowest BCUT2D eigenvalue weighted by Crippen LogP contribution is -2.15. The fourth-order valence-electron chi connectivity index (χ4n) is 2.61. The van der Waals surface area contributed by atoms with Crippen LogP contribution in [0, 0.1) is 17.2 Å². The molecule has 0 aliphatic carbocycles. The molecule has 33 heavy (non-hydrogen) atoms. The Morgan fingerprint density at radius 1 is 1.12 bits per heavy atom. The number of primary amides is 1. The zero-order valence-corrected chi connectivity index (χ0v) is 18.2. The molecule has 1 atom stereocenters. The summed E-state index contributed by atoms with van der Waals surface area (Å²) < 4.78 is 0. The number of allylic oxidation sites excluding steroid dienone is 1. The molecule has 0 spiro atoms. The lowest BCUT2D eigenvalue weighted by Gasteiger charge is -2.09. The molecule has 10 heteroatoms. The van der Waals surface area contributed by atoms with Crippen LogP contribution in [0.1, 0.15) is 37.0 Å². The second-order valence-corrected chi connectivity index (χ2v) is 7.20. The highest BCUT2D eigenvalue weighted by Gasteiger charge is 2.14. The van der Waals surface area contributed by atoms with Gasteiger partial charge in [0.05, 0.1) is 11.8 Å². The molecular formula is C23H24N6O4. The van der Waals surface area contributed by atoms with Crippen LogP contribution in [0.5, 0.6) is 0 Å². The molecule has 170 valence electrons. The van der Waals surface area contributed by atoms with E-state index in [1.807, 2.05) is 0 Å². The molecule has 0 aliphatic rings. The molecule has 2 rings (SSSR count). The van der Waals surface area contributed by atoms with Gasteiger partial charge in [0.25, 0.3) is 5.91 Å². The number of benzene rings is 2. The molecule has 0 saturated heterocycles. The Kier molecular flexibility index (Phi) is 8.82. The molecule has 1 unspecified atom stereocenters. The predicted octanol–water partition coefficient (Wildman–Crippen LogP) is 4.18. The van der Waals surface area contributed by atoms with Crippen molar-refractivity contribution in [2.45, 2.75) is 26.7 Å². The molecule has 2 aromatic rings. The Balaban J connectivity index is 2.09. The minimum Gasteiger partial charge on any atom is -0.510 e. The van der Waals surface area contributed by atoms with Crippen LogP contribution in [-0.4, -0.2) is 22.8 Å². The van der Waals surface area contributed by atoms with E-state index in [9.17, 15) is 19.5 Å². The number of hydrogen-bond acceptors (Lipinski definition) is 7. The van der Waals surface area contributed by atoms with Gasteiger partial charge in [-0.3, -0.25) is 14.4 Å². The molecule has 0 saturated carbocycles. The van der Waals surface area contributed by atoms with Gasteiger partial charge in [0, 0.05) is 29.3 Å². The molecular weight excluding hydrogens is 424 g/mol. The van der Waals surface area contributed by atoms with E-state index >= 15 is 0 Å². The van der Waals surface area contributed by atoms with E-state index in [-0.39, 0.29) is 41.0 Å². The first-order valence-corrected chi connectivity index (χ1v) is 10.0. The number of nitrogens with two attached hydrogens (primary N) is 1. The maximum absolute atomic E-state index is 12.6. The first-order chi connectivity index (χ1) is 15.7. The Labute approximate surface area is 190 Å². The summed E-state index contributed by atoms with van der Waals surface area (Å²) in [5.74, 6) is -2.19. The number of rotatable bonds is 9. The molecule has 0 radical (unpaired) electrons. The van der Waals surface area contributed by atoms with Gasteiger partial charge in [-0.15, -0.1) is 5.11 Å². The van der Waals surface area contributed by atoms with Gasteiger partial charge in [0.1, 0.15) is 5.76 Å². The Morgan fingerprint density at radius 3 is 2.42 bits per heavy atom. The van der Waals surface area contributed by atoms with E-state index in [4.69, 9.17) is 11.0 Å². The molecule has 0 aromatic heterocycles. The monoisotopic (exact) mass is 448 g/mol. The van der Waals surface area contributed by atoms with Gasteiger partial charge in [-0.1, -0.05) is 12.1 Å². The highest BCUT2D eigenvalue weighted by atomic mass is 16.3. The highest BCUT2D eigenvalue weighted by molar-refractivity contribution is 6.04. The van der Waals surface area contributed by atoms with E-state index < -0.39 is 11.8 Å². The van der Waals surface area contributed by atoms with Gasteiger partial charge in [-0.2, -0.15) is 10.4 Å². The van der Waals surface area contributed by atoms with Crippen LogP contribution in [0.2, 0.25) is 0 Å².